The molecule has 1 fully saturated rings. The highest BCUT2D eigenvalue weighted by Crippen LogP contribution is 2.42. The van der Waals surface area contributed by atoms with E-state index in [1.54, 1.807) is 7.11 Å². The maximum absolute atomic E-state index is 12.8. The second-order valence-corrected chi connectivity index (χ2v) is 5.63. The van der Waals surface area contributed by atoms with Gasteiger partial charge in [0.05, 0.1) is 18.7 Å². The number of anilines is 1. The van der Waals surface area contributed by atoms with E-state index in [-0.39, 0.29) is 12.8 Å². The Morgan fingerprint density at radius 1 is 1.29 bits per heavy atom. The summed E-state index contributed by atoms with van der Waals surface area (Å²) in [5.41, 5.74) is 6.13. The summed E-state index contributed by atoms with van der Waals surface area (Å²) in [5.74, 6) is -0.542. The monoisotopic (exact) mass is 302 g/mol. The van der Waals surface area contributed by atoms with Gasteiger partial charge in [-0.15, -0.1) is 0 Å². The van der Waals surface area contributed by atoms with Crippen LogP contribution in [0, 0.1) is 5.92 Å². The Bertz CT molecular complexity index is 468. The van der Waals surface area contributed by atoms with Gasteiger partial charge in [0.1, 0.15) is 5.75 Å². The Labute approximate surface area is 122 Å². The number of nitrogens with two attached hydrogens (primary N) is 1. The smallest absolute Gasteiger partial charge is 0.391 e. The number of para-hydroxylation sites is 2. The van der Waals surface area contributed by atoms with Crippen LogP contribution in [0.3, 0.4) is 0 Å². The molecule has 0 atom stereocenters. The number of methoxy groups -OCH3 is 1. The standard InChI is InChI=1S/C15H21F3N2O/c1-21-13-5-3-2-4-12(13)20-14(10-19)8-6-11(7-9-14)15(16,17)18/h2-5,11,20H,6-10,19H2,1H3. The van der Waals surface area contributed by atoms with Crippen molar-refractivity contribution in [3.8, 4) is 5.75 Å². The van der Waals surface area contributed by atoms with Crippen LogP contribution >= 0.6 is 0 Å². The molecule has 118 valence electrons. The van der Waals surface area contributed by atoms with Gasteiger partial charge in [-0.25, -0.2) is 0 Å². The molecule has 0 heterocycles. The van der Waals surface area contributed by atoms with Crippen molar-refractivity contribution in [1.29, 1.82) is 0 Å². The van der Waals surface area contributed by atoms with E-state index in [2.05, 4.69) is 5.32 Å². The zero-order valence-corrected chi connectivity index (χ0v) is 12.0. The molecule has 21 heavy (non-hydrogen) atoms. The van der Waals surface area contributed by atoms with E-state index in [1.165, 1.54) is 0 Å². The number of halogens is 3. The summed E-state index contributed by atoms with van der Waals surface area (Å²) in [5, 5.41) is 3.32. The predicted molar refractivity (Wildman–Crippen MR) is 76.4 cm³/mol. The third kappa shape index (κ3) is 3.61. The average Bonchev–Trinajstić information content (AvgIpc) is 2.47. The molecule has 6 heteroatoms. The van der Waals surface area contributed by atoms with Gasteiger partial charge in [-0.1, -0.05) is 12.1 Å². The van der Waals surface area contributed by atoms with Crippen molar-refractivity contribution in [2.75, 3.05) is 19.0 Å². The van der Waals surface area contributed by atoms with Crippen LogP contribution in [0.15, 0.2) is 24.3 Å². The first-order valence-electron chi connectivity index (χ1n) is 7.08. The van der Waals surface area contributed by atoms with Gasteiger partial charge >= 0.3 is 6.18 Å². The molecule has 1 aliphatic rings. The molecular formula is C15H21F3N2O. The first-order chi connectivity index (χ1) is 9.90. The van der Waals surface area contributed by atoms with Crippen LogP contribution < -0.4 is 15.8 Å². The summed E-state index contributed by atoms with van der Waals surface area (Å²) >= 11 is 0. The third-order valence-electron chi connectivity index (χ3n) is 4.30. The van der Waals surface area contributed by atoms with Crippen molar-refractivity contribution in [3.05, 3.63) is 24.3 Å². The van der Waals surface area contributed by atoms with Gasteiger partial charge in [0.15, 0.2) is 0 Å². The Morgan fingerprint density at radius 2 is 1.90 bits per heavy atom. The average molecular weight is 302 g/mol. The molecule has 0 saturated heterocycles. The van der Waals surface area contributed by atoms with Gasteiger partial charge in [0.2, 0.25) is 0 Å². The highest BCUT2D eigenvalue weighted by atomic mass is 19.4. The number of hydrogen-bond donors (Lipinski definition) is 2. The molecule has 0 bridgehead atoms. The summed E-state index contributed by atoms with van der Waals surface area (Å²) in [6.07, 6.45) is -3.06. The minimum Gasteiger partial charge on any atom is -0.495 e. The van der Waals surface area contributed by atoms with Gasteiger partial charge in [0.25, 0.3) is 0 Å². The molecule has 0 aliphatic heterocycles. The lowest BCUT2D eigenvalue weighted by Gasteiger charge is -2.41. The van der Waals surface area contributed by atoms with Crippen molar-refractivity contribution in [2.24, 2.45) is 11.7 Å². The fourth-order valence-corrected chi connectivity index (χ4v) is 2.91. The second kappa shape index (κ2) is 6.13. The molecular weight excluding hydrogens is 281 g/mol. The van der Waals surface area contributed by atoms with Crippen LogP contribution in [0.4, 0.5) is 18.9 Å². The molecule has 0 spiro atoms. The molecule has 1 aliphatic carbocycles. The van der Waals surface area contributed by atoms with Crippen molar-refractivity contribution < 1.29 is 17.9 Å². The maximum Gasteiger partial charge on any atom is 0.391 e. The predicted octanol–water partition coefficient (Wildman–Crippen LogP) is 3.56. The molecule has 1 aromatic rings. The molecule has 2 rings (SSSR count). The van der Waals surface area contributed by atoms with Crippen molar-refractivity contribution in [2.45, 2.75) is 37.4 Å². The number of ether oxygens (including phenoxy) is 1. The molecule has 0 amide bonds. The Morgan fingerprint density at radius 3 is 2.43 bits per heavy atom. The Balaban J connectivity index is 2.10. The minimum atomic E-state index is -4.11. The van der Waals surface area contributed by atoms with Crippen LogP contribution in [0.25, 0.3) is 0 Å². The van der Waals surface area contributed by atoms with Crippen molar-refractivity contribution in [1.82, 2.24) is 0 Å². The van der Waals surface area contributed by atoms with E-state index in [0.29, 0.717) is 25.1 Å². The fourth-order valence-electron chi connectivity index (χ4n) is 2.91. The quantitative estimate of drug-likeness (QED) is 0.894. The third-order valence-corrected chi connectivity index (χ3v) is 4.30. The molecule has 3 nitrogen and oxygen atoms in total. The van der Waals surface area contributed by atoms with E-state index >= 15 is 0 Å². The number of rotatable bonds is 4. The Hall–Kier alpha value is -1.43. The molecule has 1 aromatic carbocycles. The van der Waals surface area contributed by atoms with E-state index in [1.807, 2.05) is 24.3 Å². The lowest BCUT2D eigenvalue weighted by molar-refractivity contribution is -0.183. The summed E-state index contributed by atoms with van der Waals surface area (Å²) in [4.78, 5) is 0. The fraction of sp³-hybridized carbons (Fsp3) is 0.600. The molecule has 3 N–H and O–H groups in total. The largest absolute Gasteiger partial charge is 0.495 e. The van der Waals surface area contributed by atoms with Crippen molar-refractivity contribution >= 4 is 5.69 Å². The topological polar surface area (TPSA) is 47.3 Å². The lowest BCUT2D eigenvalue weighted by atomic mass is 9.76. The maximum atomic E-state index is 12.8. The van der Waals surface area contributed by atoms with E-state index in [4.69, 9.17) is 10.5 Å². The minimum absolute atomic E-state index is 0.114. The summed E-state index contributed by atoms with van der Waals surface area (Å²) in [6.45, 7) is 0.301. The van der Waals surface area contributed by atoms with Gasteiger partial charge < -0.3 is 15.8 Å². The van der Waals surface area contributed by atoms with Crippen LogP contribution in [0.1, 0.15) is 25.7 Å². The normalized spacial score (nSPS) is 26.4. The molecule has 0 unspecified atom stereocenters. The summed E-state index contributed by atoms with van der Waals surface area (Å²) < 4.78 is 43.6. The highest BCUT2D eigenvalue weighted by Gasteiger charge is 2.45. The van der Waals surface area contributed by atoms with Crippen LogP contribution in [0.2, 0.25) is 0 Å². The zero-order chi connectivity index (χ0) is 15.5. The molecule has 0 aromatic heterocycles. The highest BCUT2D eigenvalue weighted by molar-refractivity contribution is 5.57. The number of benzene rings is 1. The first-order valence-corrected chi connectivity index (χ1v) is 7.08. The van der Waals surface area contributed by atoms with Gasteiger partial charge in [-0.3, -0.25) is 0 Å². The number of hydrogen-bond acceptors (Lipinski definition) is 3. The Kier molecular flexibility index (Phi) is 4.66. The SMILES string of the molecule is COc1ccccc1NC1(CN)CCC(C(F)(F)F)CC1. The first kappa shape index (κ1) is 15.9. The lowest BCUT2D eigenvalue weighted by Crippen LogP contribution is -2.49. The number of alkyl halides is 3. The zero-order valence-electron chi connectivity index (χ0n) is 12.0. The molecule has 0 radical (unpaired) electrons. The van der Waals surface area contributed by atoms with Crippen LogP contribution in [0.5, 0.6) is 5.75 Å². The molecule has 1 saturated carbocycles. The second-order valence-electron chi connectivity index (χ2n) is 5.63. The van der Waals surface area contributed by atoms with E-state index in [9.17, 15) is 13.2 Å². The van der Waals surface area contributed by atoms with Crippen LogP contribution in [-0.2, 0) is 0 Å². The van der Waals surface area contributed by atoms with Gasteiger partial charge in [0, 0.05) is 12.1 Å². The summed E-state index contributed by atoms with van der Waals surface area (Å²) in [6, 6.07) is 7.37. The number of nitrogens with one attached hydrogen (secondary N) is 1. The van der Waals surface area contributed by atoms with Crippen molar-refractivity contribution in [3.63, 3.8) is 0 Å². The van der Waals surface area contributed by atoms with Crippen LogP contribution in [-0.4, -0.2) is 25.4 Å². The van der Waals surface area contributed by atoms with Gasteiger partial charge in [-0.05, 0) is 37.8 Å². The van der Waals surface area contributed by atoms with E-state index < -0.39 is 17.6 Å². The van der Waals surface area contributed by atoms with E-state index in [0.717, 1.165) is 5.69 Å². The van der Waals surface area contributed by atoms with Gasteiger partial charge in [-0.2, -0.15) is 13.2 Å². The summed E-state index contributed by atoms with van der Waals surface area (Å²) in [7, 11) is 1.57.